The second kappa shape index (κ2) is 8.69. The molecule has 0 radical (unpaired) electrons. The number of anilines is 1. The second-order valence-electron chi connectivity index (χ2n) is 7.32. The summed E-state index contributed by atoms with van der Waals surface area (Å²) in [6.45, 7) is 0.414. The number of para-hydroxylation sites is 1. The third kappa shape index (κ3) is 4.96. The summed E-state index contributed by atoms with van der Waals surface area (Å²) in [4.78, 5) is 16.8. The molecule has 2 atom stereocenters. The lowest BCUT2D eigenvalue weighted by Crippen LogP contribution is -2.24. The molecule has 0 saturated carbocycles. The predicted octanol–water partition coefficient (Wildman–Crippen LogP) is 2.23. The van der Waals surface area contributed by atoms with Gasteiger partial charge >= 0.3 is 0 Å². The summed E-state index contributed by atoms with van der Waals surface area (Å²) in [6, 6.07) is 15.0. The van der Waals surface area contributed by atoms with Crippen molar-refractivity contribution in [3.63, 3.8) is 0 Å². The van der Waals surface area contributed by atoms with E-state index in [1.165, 1.54) is 11.8 Å². The molecule has 0 unspecified atom stereocenters. The number of benzene rings is 2. The van der Waals surface area contributed by atoms with Crippen molar-refractivity contribution in [2.24, 2.45) is 4.99 Å². The minimum Gasteiger partial charge on any atom is -0.496 e. The highest BCUT2D eigenvalue weighted by molar-refractivity contribution is 8.15. The largest absolute Gasteiger partial charge is 0.496 e. The van der Waals surface area contributed by atoms with E-state index >= 15 is 0 Å². The lowest BCUT2D eigenvalue weighted by Gasteiger charge is -2.10. The maximum atomic E-state index is 12.3. The minimum absolute atomic E-state index is 0.0173. The molecular formula is C21H23N3O4S2. The first-order valence-electron chi connectivity index (χ1n) is 9.61. The number of aliphatic imine (C=N–C) groups is 1. The van der Waals surface area contributed by atoms with Gasteiger partial charge in [-0.05, 0) is 23.8 Å². The van der Waals surface area contributed by atoms with Crippen LogP contribution in [0.4, 0.5) is 5.69 Å². The van der Waals surface area contributed by atoms with Crippen LogP contribution in [0.15, 0.2) is 53.5 Å². The molecule has 0 bridgehead atoms. The molecule has 2 aliphatic heterocycles. The van der Waals surface area contributed by atoms with E-state index in [9.17, 15) is 13.2 Å². The van der Waals surface area contributed by atoms with E-state index in [-0.39, 0.29) is 35.1 Å². The van der Waals surface area contributed by atoms with Gasteiger partial charge in [-0.2, -0.15) is 0 Å². The molecule has 1 saturated heterocycles. The van der Waals surface area contributed by atoms with Crippen molar-refractivity contribution in [1.82, 2.24) is 5.32 Å². The Balaban J connectivity index is 1.28. The summed E-state index contributed by atoms with van der Waals surface area (Å²) < 4.78 is 28.6. The van der Waals surface area contributed by atoms with Gasteiger partial charge in [0.25, 0.3) is 0 Å². The van der Waals surface area contributed by atoms with Crippen LogP contribution in [0.2, 0.25) is 0 Å². The summed E-state index contributed by atoms with van der Waals surface area (Å²) in [7, 11) is -1.33. The maximum absolute atomic E-state index is 12.3. The minimum atomic E-state index is -2.95. The molecule has 0 spiro atoms. The number of methoxy groups -OCH3 is 1. The number of hydrogen-bond donors (Lipinski definition) is 2. The summed E-state index contributed by atoms with van der Waals surface area (Å²) >= 11 is 1.49. The van der Waals surface area contributed by atoms with Gasteiger partial charge in [-0.15, -0.1) is 0 Å². The van der Waals surface area contributed by atoms with Crippen molar-refractivity contribution in [2.75, 3.05) is 23.9 Å². The Morgan fingerprint density at radius 1 is 1.17 bits per heavy atom. The number of carbonyl (C=O) groups excluding carboxylic acids is 1. The molecule has 0 aliphatic carbocycles. The maximum Gasteiger partial charge on any atom is 0.224 e. The van der Waals surface area contributed by atoms with E-state index in [2.05, 4.69) is 15.6 Å². The van der Waals surface area contributed by atoms with Crippen molar-refractivity contribution in [3.8, 4) is 5.75 Å². The van der Waals surface area contributed by atoms with Crippen molar-refractivity contribution < 1.29 is 17.9 Å². The average Bonchev–Trinajstić information content (AvgIpc) is 3.20. The Kier molecular flexibility index (Phi) is 6.01. The first-order chi connectivity index (χ1) is 14.4. The van der Waals surface area contributed by atoms with Crippen LogP contribution < -0.4 is 15.4 Å². The number of rotatable bonds is 6. The molecule has 2 aliphatic rings. The lowest BCUT2D eigenvalue weighted by atomic mass is 10.1. The average molecular weight is 446 g/mol. The molecular weight excluding hydrogens is 422 g/mol. The summed E-state index contributed by atoms with van der Waals surface area (Å²) in [5.41, 5.74) is 2.70. The van der Waals surface area contributed by atoms with E-state index < -0.39 is 9.84 Å². The molecule has 2 heterocycles. The molecule has 30 heavy (non-hydrogen) atoms. The zero-order chi connectivity index (χ0) is 21.1. The molecule has 2 aromatic rings. The SMILES string of the molecule is COc1ccccc1CNC(=O)Cc1ccc(NC2=N[C@H]3CS(=O)(=O)C[C@@H]3S2)cc1. The third-order valence-corrected chi connectivity index (χ3v) is 8.20. The van der Waals surface area contributed by atoms with E-state index in [0.29, 0.717) is 6.54 Å². The number of nitrogens with zero attached hydrogens (tertiary/aromatic N) is 1. The lowest BCUT2D eigenvalue weighted by molar-refractivity contribution is -0.120. The molecule has 9 heteroatoms. The van der Waals surface area contributed by atoms with Gasteiger partial charge < -0.3 is 15.4 Å². The zero-order valence-corrected chi connectivity index (χ0v) is 18.1. The Hall–Kier alpha value is -2.52. The molecule has 1 fully saturated rings. The Bertz CT molecular complexity index is 1070. The number of amidine groups is 1. The van der Waals surface area contributed by atoms with Crippen molar-refractivity contribution in [2.45, 2.75) is 24.3 Å². The zero-order valence-electron chi connectivity index (χ0n) is 16.5. The molecule has 4 rings (SSSR count). The van der Waals surface area contributed by atoms with Gasteiger partial charge in [-0.3, -0.25) is 9.79 Å². The fourth-order valence-electron chi connectivity index (χ4n) is 3.54. The molecule has 2 aromatic carbocycles. The monoisotopic (exact) mass is 445 g/mol. The third-order valence-electron chi connectivity index (χ3n) is 5.06. The summed E-state index contributed by atoms with van der Waals surface area (Å²) in [6.07, 6.45) is 0.285. The van der Waals surface area contributed by atoms with Crippen LogP contribution in [-0.2, 0) is 27.6 Å². The first kappa shape index (κ1) is 20.7. The smallest absolute Gasteiger partial charge is 0.224 e. The van der Waals surface area contributed by atoms with E-state index in [0.717, 1.165) is 27.7 Å². The van der Waals surface area contributed by atoms with Crippen LogP contribution in [0.5, 0.6) is 5.75 Å². The van der Waals surface area contributed by atoms with Gasteiger partial charge in [0.1, 0.15) is 5.75 Å². The van der Waals surface area contributed by atoms with Crippen LogP contribution in [-0.4, -0.2) is 49.4 Å². The van der Waals surface area contributed by atoms with Gasteiger partial charge in [-0.25, -0.2) is 8.42 Å². The number of fused-ring (bicyclic) bond motifs is 1. The van der Waals surface area contributed by atoms with Gasteiger partial charge in [0.2, 0.25) is 5.91 Å². The number of amides is 1. The molecule has 2 N–H and O–H groups in total. The Labute approximate surface area is 180 Å². The van der Waals surface area contributed by atoms with Gasteiger partial charge in [-0.1, -0.05) is 42.1 Å². The standard InChI is InChI=1S/C21H23N3O4S2/c1-28-18-5-3-2-4-15(18)11-22-20(25)10-14-6-8-16(9-7-14)23-21-24-17-12-30(26,27)13-19(17)29-21/h2-9,17,19H,10-13H2,1H3,(H,22,25)(H,23,24)/t17-,19-/m0/s1. The fraction of sp³-hybridized carbons (Fsp3) is 0.333. The van der Waals surface area contributed by atoms with Crippen LogP contribution >= 0.6 is 11.8 Å². The van der Waals surface area contributed by atoms with Crippen molar-refractivity contribution in [1.29, 1.82) is 0 Å². The van der Waals surface area contributed by atoms with E-state index in [1.54, 1.807) is 7.11 Å². The first-order valence-corrected chi connectivity index (χ1v) is 12.3. The summed E-state index contributed by atoms with van der Waals surface area (Å²) in [5, 5.41) is 6.93. The highest BCUT2D eigenvalue weighted by Crippen LogP contribution is 2.34. The summed E-state index contributed by atoms with van der Waals surface area (Å²) in [5.74, 6) is 1.02. The number of thioether (sulfide) groups is 1. The van der Waals surface area contributed by atoms with Crippen LogP contribution in [0.1, 0.15) is 11.1 Å². The molecule has 0 aromatic heterocycles. The number of hydrogen-bond acceptors (Lipinski definition) is 7. The highest BCUT2D eigenvalue weighted by atomic mass is 32.2. The predicted molar refractivity (Wildman–Crippen MR) is 120 cm³/mol. The molecule has 1 amide bonds. The highest BCUT2D eigenvalue weighted by Gasteiger charge is 2.42. The number of sulfone groups is 1. The number of ether oxygens (including phenoxy) is 1. The van der Waals surface area contributed by atoms with Crippen LogP contribution in [0.3, 0.4) is 0 Å². The van der Waals surface area contributed by atoms with Crippen LogP contribution in [0.25, 0.3) is 0 Å². The van der Waals surface area contributed by atoms with Gasteiger partial charge in [0.05, 0.1) is 31.1 Å². The molecule has 158 valence electrons. The van der Waals surface area contributed by atoms with Crippen molar-refractivity contribution in [3.05, 3.63) is 59.7 Å². The van der Waals surface area contributed by atoms with Gasteiger partial charge in [0, 0.05) is 23.0 Å². The molecule has 7 nitrogen and oxygen atoms in total. The van der Waals surface area contributed by atoms with Gasteiger partial charge in [0.15, 0.2) is 15.0 Å². The Morgan fingerprint density at radius 3 is 2.67 bits per heavy atom. The van der Waals surface area contributed by atoms with Crippen molar-refractivity contribution >= 4 is 38.4 Å². The van der Waals surface area contributed by atoms with E-state index in [4.69, 9.17) is 4.74 Å². The number of carbonyl (C=O) groups is 1. The topological polar surface area (TPSA) is 96.9 Å². The normalized spacial score (nSPS) is 21.6. The van der Waals surface area contributed by atoms with E-state index in [1.807, 2.05) is 48.5 Å². The number of nitrogens with one attached hydrogen (secondary N) is 2. The quantitative estimate of drug-likeness (QED) is 0.708. The van der Waals surface area contributed by atoms with Crippen LogP contribution in [0, 0.1) is 0 Å². The second-order valence-corrected chi connectivity index (χ2v) is 10.7. The Morgan fingerprint density at radius 2 is 1.93 bits per heavy atom. The fourth-order valence-corrected chi connectivity index (χ4v) is 7.21.